The van der Waals surface area contributed by atoms with Crippen LogP contribution in [0.4, 0.5) is 0 Å². The van der Waals surface area contributed by atoms with Crippen LogP contribution in [0.2, 0.25) is 0 Å². The van der Waals surface area contributed by atoms with Crippen LogP contribution in [0.15, 0.2) is 59.1 Å². The molecule has 0 aliphatic heterocycles. The third-order valence-corrected chi connectivity index (χ3v) is 3.86. The van der Waals surface area contributed by atoms with Crippen molar-refractivity contribution < 1.29 is 4.42 Å². The van der Waals surface area contributed by atoms with E-state index in [0.29, 0.717) is 6.04 Å². The number of pyridine rings is 1. The highest BCUT2D eigenvalue weighted by molar-refractivity contribution is 5.77. The summed E-state index contributed by atoms with van der Waals surface area (Å²) in [6, 6.07) is 16.7. The second-order valence-electron chi connectivity index (χ2n) is 5.54. The Kier molecular flexibility index (Phi) is 4.02. The van der Waals surface area contributed by atoms with E-state index in [4.69, 9.17) is 4.42 Å². The first-order chi connectivity index (χ1) is 10.2. The minimum Gasteiger partial charge on any atom is -0.460 e. The summed E-state index contributed by atoms with van der Waals surface area (Å²) in [4.78, 5) is 6.69. The molecule has 108 valence electrons. The summed E-state index contributed by atoms with van der Waals surface area (Å²) in [6.45, 7) is 3.03. The van der Waals surface area contributed by atoms with E-state index in [-0.39, 0.29) is 0 Å². The fraction of sp³-hybridized carbons (Fsp3) is 0.278. The van der Waals surface area contributed by atoms with Crippen molar-refractivity contribution in [1.82, 2.24) is 9.88 Å². The van der Waals surface area contributed by atoms with Gasteiger partial charge in [-0.05, 0) is 38.2 Å². The Bertz CT molecular complexity index is 672. The first-order valence-electron chi connectivity index (χ1n) is 7.30. The molecule has 0 N–H and O–H groups in total. The van der Waals surface area contributed by atoms with Crippen molar-refractivity contribution in [2.75, 3.05) is 7.05 Å². The maximum Gasteiger partial charge on any atom is 0.134 e. The molecule has 0 aliphatic carbocycles. The van der Waals surface area contributed by atoms with Crippen LogP contribution in [0.25, 0.3) is 11.0 Å². The van der Waals surface area contributed by atoms with Gasteiger partial charge in [0.15, 0.2) is 0 Å². The van der Waals surface area contributed by atoms with Gasteiger partial charge in [0, 0.05) is 29.7 Å². The maximum absolute atomic E-state index is 5.88. The molecule has 21 heavy (non-hydrogen) atoms. The lowest BCUT2D eigenvalue weighted by molar-refractivity contribution is 0.230. The van der Waals surface area contributed by atoms with Crippen molar-refractivity contribution in [3.8, 4) is 0 Å². The predicted molar refractivity (Wildman–Crippen MR) is 85.1 cm³/mol. The van der Waals surface area contributed by atoms with Gasteiger partial charge < -0.3 is 4.42 Å². The highest BCUT2D eigenvalue weighted by atomic mass is 16.3. The fourth-order valence-electron chi connectivity index (χ4n) is 2.49. The average Bonchev–Trinajstić information content (AvgIpc) is 2.90. The minimum absolute atomic E-state index is 0.410. The molecule has 0 amide bonds. The van der Waals surface area contributed by atoms with E-state index in [2.05, 4.69) is 42.1 Å². The number of benzene rings is 1. The van der Waals surface area contributed by atoms with Gasteiger partial charge in [0.25, 0.3) is 0 Å². The van der Waals surface area contributed by atoms with E-state index in [1.807, 2.05) is 36.5 Å². The highest BCUT2D eigenvalue weighted by Gasteiger charge is 2.13. The molecule has 0 spiro atoms. The number of hydrogen-bond donors (Lipinski definition) is 0. The number of rotatable bonds is 5. The van der Waals surface area contributed by atoms with Crippen LogP contribution < -0.4 is 0 Å². The second kappa shape index (κ2) is 6.10. The van der Waals surface area contributed by atoms with Gasteiger partial charge >= 0.3 is 0 Å². The Balaban J connectivity index is 1.66. The second-order valence-corrected chi connectivity index (χ2v) is 5.54. The van der Waals surface area contributed by atoms with Gasteiger partial charge in [-0.1, -0.05) is 24.3 Å². The zero-order valence-electron chi connectivity index (χ0n) is 12.5. The molecule has 3 rings (SSSR count). The summed E-state index contributed by atoms with van der Waals surface area (Å²) in [7, 11) is 2.13. The topological polar surface area (TPSA) is 29.3 Å². The molecule has 2 heterocycles. The van der Waals surface area contributed by atoms with Gasteiger partial charge in [0.2, 0.25) is 0 Å². The monoisotopic (exact) mass is 280 g/mol. The van der Waals surface area contributed by atoms with Crippen molar-refractivity contribution in [1.29, 1.82) is 0 Å². The van der Waals surface area contributed by atoms with Crippen LogP contribution in [0, 0.1) is 0 Å². The van der Waals surface area contributed by atoms with Crippen LogP contribution in [0.3, 0.4) is 0 Å². The normalized spacial score (nSPS) is 12.9. The quantitative estimate of drug-likeness (QED) is 0.710. The Hall–Kier alpha value is -2.13. The average molecular weight is 280 g/mol. The zero-order chi connectivity index (χ0) is 14.7. The van der Waals surface area contributed by atoms with E-state index in [1.54, 1.807) is 0 Å². The molecule has 0 unspecified atom stereocenters. The van der Waals surface area contributed by atoms with Gasteiger partial charge in [-0.15, -0.1) is 0 Å². The van der Waals surface area contributed by atoms with Crippen LogP contribution in [-0.2, 0) is 13.0 Å². The summed E-state index contributed by atoms with van der Waals surface area (Å²) in [5.41, 5.74) is 2.08. The molecular weight excluding hydrogens is 260 g/mol. The minimum atomic E-state index is 0.410. The predicted octanol–water partition coefficient (Wildman–Crippen LogP) is 3.89. The molecule has 0 saturated carbocycles. The Morgan fingerprint density at radius 2 is 1.95 bits per heavy atom. The smallest absolute Gasteiger partial charge is 0.134 e. The lowest BCUT2D eigenvalue weighted by Gasteiger charge is -2.23. The van der Waals surface area contributed by atoms with Gasteiger partial charge in [-0.3, -0.25) is 9.88 Å². The van der Waals surface area contributed by atoms with Gasteiger partial charge in [-0.2, -0.15) is 0 Å². The van der Waals surface area contributed by atoms with E-state index >= 15 is 0 Å². The largest absolute Gasteiger partial charge is 0.460 e. The summed E-state index contributed by atoms with van der Waals surface area (Å²) in [6.07, 6.45) is 2.79. The molecule has 3 heteroatoms. The number of likely N-dealkylation sites (N-methyl/N-ethyl adjacent to an activating group) is 1. The Morgan fingerprint density at radius 3 is 2.71 bits per heavy atom. The molecule has 1 atom stereocenters. The number of hydrogen-bond acceptors (Lipinski definition) is 3. The van der Waals surface area contributed by atoms with Gasteiger partial charge in [-0.25, -0.2) is 0 Å². The molecule has 3 nitrogen and oxygen atoms in total. The summed E-state index contributed by atoms with van der Waals surface area (Å²) in [5, 5.41) is 1.17. The third kappa shape index (κ3) is 3.31. The Labute approximate surface area is 125 Å². The molecule has 0 aliphatic rings. The number of fused-ring (bicyclic) bond motifs is 1. The van der Waals surface area contributed by atoms with Crippen molar-refractivity contribution in [2.45, 2.75) is 25.9 Å². The summed E-state index contributed by atoms with van der Waals surface area (Å²) in [5.74, 6) is 1.01. The first kappa shape index (κ1) is 13.8. The maximum atomic E-state index is 5.88. The molecule has 1 aromatic carbocycles. The van der Waals surface area contributed by atoms with Crippen LogP contribution >= 0.6 is 0 Å². The third-order valence-electron chi connectivity index (χ3n) is 3.86. The van der Waals surface area contributed by atoms with Crippen molar-refractivity contribution >= 4 is 11.0 Å². The van der Waals surface area contributed by atoms with Gasteiger partial charge in [0.05, 0.1) is 6.54 Å². The molecule has 3 aromatic rings. The molecule has 0 saturated heterocycles. The molecule has 2 aromatic heterocycles. The standard InChI is InChI=1S/C18H20N2O/c1-14(11-16-8-5-6-10-19-16)20(2)13-17-12-15-7-3-4-9-18(15)21-17/h3-10,12,14H,11,13H2,1-2H3/t14-/m0/s1. The summed E-state index contributed by atoms with van der Waals surface area (Å²) < 4.78 is 5.88. The molecular formula is C18H20N2O. The van der Waals surface area contributed by atoms with E-state index in [0.717, 1.165) is 30.0 Å². The van der Waals surface area contributed by atoms with E-state index in [1.165, 1.54) is 5.39 Å². The number of nitrogens with zero attached hydrogens (tertiary/aromatic N) is 2. The van der Waals surface area contributed by atoms with Crippen molar-refractivity contribution in [3.63, 3.8) is 0 Å². The zero-order valence-corrected chi connectivity index (χ0v) is 12.5. The van der Waals surface area contributed by atoms with Crippen LogP contribution in [0.1, 0.15) is 18.4 Å². The first-order valence-corrected chi connectivity index (χ1v) is 7.30. The number of aromatic nitrogens is 1. The van der Waals surface area contributed by atoms with Crippen molar-refractivity contribution in [2.24, 2.45) is 0 Å². The van der Waals surface area contributed by atoms with E-state index in [9.17, 15) is 0 Å². The number of furan rings is 1. The summed E-state index contributed by atoms with van der Waals surface area (Å²) >= 11 is 0. The molecule has 0 radical (unpaired) electrons. The Morgan fingerprint density at radius 1 is 1.14 bits per heavy atom. The SMILES string of the molecule is C[C@@H](Cc1ccccn1)N(C)Cc1cc2ccccc2o1. The fourth-order valence-corrected chi connectivity index (χ4v) is 2.49. The van der Waals surface area contributed by atoms with Gasteiger partial charge in [0.1, 0.15) is 11.3 Å². The lowest BCUT2D eigenvalue weighted by Crippen LogP contribution is -2.30. The highest BCUT2D eigenvalue weighted by Crippen LogP contribution is 2.20. The van der Waals surface area contributed by atoms with Crippen LogP contribution in [0.5, 0.6) is 0 Å². The van der Waals surface area contributed by atoms with Crippen molar-refractivity contribution in [3.05, 3.63) is 66.2 Å². The number of para-hydroxylation sites is 1. The lowest BCUT2D eigenvalue weighted by atomic mass is 10.1. The molecule has 0 bridgehead atoms. The van der Waals surface area contributed by atoms with E-state index < -0.39 is 0 Å². The van der Waals surface area contributed by atoms with Crippen LogP contribution in [-0.4, -0.2) is 23.0 Å². The molecule has 0 fully saturated rings.